The van der Waals surface area contributed by atoms with Crippen LogP contribution in [-0.4, -0.2) is 32.4 Å². The molecule has 4 aromatic rings. The van der Waals surface area contributed by atoms with Crippen LogP contribution >= 0.6 is 0 Å². The monoisotopic (exact) mass is 440 g/mol. The molecule has 0 aliphatic heterocycles. The predicted octanol–water partition coefficient (Wildman–Crippen LogP) is 4.26. The van der Waals surface area contributed by atoms with Crippen LogP contribution < -0.4 is 10.6 Å². The standard InChI is InChI=1S/C26H28N6O/c1-18-9-11-20(12-10-18)19(2)15-28-25(21-7-5-4-6-8-21)26(33)30-24-14-13-22(16-27-24)23-17-29-32(3)31-23/h4-14,16-17,19,25,28H,15H2,1-3H3,(H,27,30,33)/t19?,25-/m1/s1. The number of benzene rings is 2. The van der Waals surface area contributed by atoms with Crippen molar-refractivity contribution in [3.05, 3.63) is 95.8 Å². The Labute approximate surface area is 193 Å². The van der Waals surface area contributed by atoms with Crippen LogP contribution in [0.4, 0.5) is 5.82 Å². The fourth-order valence-corrected chi connectivity index (χ4v) is 3.61. The summed E-state index contributed by atoms with van der Waals surface area (Å²) in [6, 6.07) is 21.4. The van der Waals surface area contributed by atoms with Gasteiger partial charge >= 0.3 is 0 Å². The van der Waals surface area contributed by atoms with Crippen LogP contribution in [0.25, 0.3) is 11.3 Å². The van der Waals surface area contributed by atoms with Crippen LogP contribution in [0.15, 0.2) is 79.1 Å². The third kappa shape index (κ3) is 5.70. The molecular weight excluding hydrogens is 412 g/mol. The Hall–Kier alpha value is -3.84. The van der Waals surface area contributed by atoms with Gasteiger partial charge in [-0.05, 0) is 36.1 Å². The largest absolute Gasteiger partial charge is 0.309 e. The first-order chi connectivity index (χ1) is 16.0. The van der Waals surface area contributed by atoms with Crippen molar-refractivity contribution >= 4 is 11.7 Å². The van der Waals surface area contributed by atoms with E-state index in [-0.39, 0.29) is 11.8 Å². The summed E-state index contributed by atoms with van der Waals surface area (Å²) in [6.07, 6.45) is 3.36. The van der Waals surface area contributed by atoms with Gasteiger partial charge in [0, 0.05) is 25.4 Å². The van der Waals surface area contributed by atoms with Gasteiger partial charge in [-0.15, -0.1) is 0 Å². The smallest absolute Gasteiger partial charge is 0.247 e. The molecule has 33 heavy (non-hydrogen) atoms. The predicted molar refractivity (Wildman–Crippen MR) is 130 cm³/mol. The number of carbonyl (C=O) groups is 1. The second-order valence-corrected chi connectivity index (χ2v) is 8.20. The number of aromatic nitrogens is 4. The summed E-state index contributed by atoms with van der Waals surface area (Å²) in [5.41, 5.74) is 4.95. The quantitative estimate of drug-likeness (QED) is 0.428. The van der Waals surface area contributed by atoms with Crippen molar-refractivity contribution in [3.63, 3.8) is 0 Å². The fraction of sp³-hybridized carbons (Fsp3) is 0.231. The molecular formula is C26H28N6O. The minimum absolute atomic E-state index is 0.156. The second-order valence-electron chi connectivity index (χ2n) is 8.20. The van der Waals surface area contributed by atoms with Crippen molar-refractivity contribution in [3.8, 4) is 11.3 Å². The Morgan fingerprint density at radius 1 is 0.970 bits per heavy atom. The number of anilines is 1. The van der Waals surface area contributed by atoms with Crippen molar-refractivity contribution in [2.75, 3.05) is 11.9 Å². The summed E-state index contributed by atoms with van der Waals surface area (Å²) >= 11 is 0. The number of pyridine rings is 1. The lowest BCUT2D eigenvalue weighted by Gasteiger charge is -2.21. The van der Waals surface area contributed by atoms with Gasteiger partial charge in [-0.3, -0.25) is 4.79 Å². The molecule has 0 saturated carbocycles. The van der Waals surface area contributed by atoms with Crippen molar-refractivity contribution in [1.29, 1.82) is 0 Å². The third-order valence-corrected chi connectivity index (χ3v) is 5.58. The summed E-state index contributed by atoms with van der Waals surface area (Å²) in [6.45, 7) is 4.90. The molecule has 0 bridgehead atoms. The lowest BCUT2D eigenvalue weighted by molar-refractivity contribution is -0.118. The highest BCUT2D eigenvalue weighted by atomic mass is 16.2. The van der Waals surface area contributed by atoms with E-state index in [1.54, 1.807) is 25.5 Å². The van der Waals surface area contributed by atoms with E-state index >= 15 is 0 Å². The molecule has 1 amide bonds. The van der Waals surface area contributed by atoms with Crippen LogP contribution in [0.5, 0.6) is 0 Å². The Morgan fingerprint density at radius 3 is 2.36 bits per heavy atom. The van der Waals surface area contributed by atoms with Crippen molar-refractivity contribution in [2.45, 2.75) is 25.8 Å². The number of aryl methyl sites for hydroxylation is 2. The average molecular weight is 441 g/mol. The first-order valence-corrected chi connectivity index (χ1v) is 11.0. The van der Waals surface area contributed by atoms with Gasteiger partial charge in [0.1, 0.15) is 17.6 Å². The number of hydrogen-bond acceptors (Lipinski definition) is 5. The van der Waals surface area contributed by atoms with Gasteiger partial charge in [0.05, 0.1) is 6.20 Å². The molecule has 2 aromatic heterocycles. The minimum atomic E-state index is -0.499. The number of nitrogens with one attached hydrogen (secondary N) is 2. The zero-order chi connectivity index (χ0) is 23.2. The molecule has 0 saturated heterocycles. The lowest BCUT2D eigenvalue weighted by atomic mass is 9.98. The van der Waals surface area contributed by atoms with Gasteiger partial charge in [-0.2, -0.15) is 15.0 Å². The Kier molecular flexibility index (Phi) is 6.90. The molecule has 2 aromatic carbocycles. The Morgan fingerprint density at radius 2 is 1.73 bits per heavy atom. The summed E-state index contributed by atoms with van der Waals surface area (Å²) in [7, 11) is 1.77. The van der Waals surface area contributed by atoms with E-state index in [9.17, 15) is 4.79 Å². The molecule has 2 atom stereocenters. The highest BCUT2D eigenvalue weighted by Crippen LogP contribution is 2.21. The first-order valence-electron chi connectivity index (χ1n) is 11.0. The molecule has 2 N–H and O–H groups in total. The molecule has 0 aliphatic rings. The second kappa shape index (κ2) is 10.2. The van der Waals surface area contributed by atoms with Crippen molar-refractivity contribution in [1.82, 2.24) is 25.3 Å². The molecule has 0 aliphatic carbocycles. The lowest BCUT2D eigenvalue weighted by Crippen LogP contribution is -2.35. The Bertz CT molecular complexity index is 1190. The maximum absolute atomic E-state index is 13.2. The van der Waals surface area contributed by atoms with Crippen LogP contribution in [0.2, 0.25) is 0 Å². The minimum Gasteiger partial charge on any atom is -0.309 e. The highest BCUT2D eigenvalue weighted by molar-refractivity contribution is 5.94. The molecule has 1 unspecified atom stereocenters. The molecule has 168 valence electrons. The summed E-state index contributed by atoms with van der Waals surface area (Å²) in [5.74, 6) is 0.591. The van der Waals surface area contributed by atoms with Crippen molar-refractivity contribution < 1.29 is 4.79 Å². The molecule has 0 fully saturated rings. The van der Waals surface area contributed by atoms with Gasteiger partial charge in [0.2, 0.25) is 5.91 Å². The molecule has 2 heterocycles. The van der Waals surface area contributed by atoms with Crippen molar-refractivity contribution in [2.24, 2.45) is 7.05 Å². The van der Waals surface area contributed by atoms with Gasteiger partial charge < -0.3 is 10.6 Å². The zero-order valence-electron chi connectivity index (χ0n) is 19.1. The van der Waals surface area contributed by atoms with E-state index in [0.29, 0.717) is 12.4 Å². The summed E-state index contributed by atoms with van der Waals surface area (Å²) in [5, 5.41) is 14.7. The van der Waals surface area contributed by atoms with Crippen LogP contribution in [-0.2, 0) is 11.8 Å². The fourth-order valence-electron chi connectivity index (χ4n) is 3.61. The van der Waals surface area contributed by atoms with E-state index in [2.05, 4.69) is 63.9 Å². The summed E-state index contributed by atoms with van der Waals surface area (Å²) < 4.78 is 0. The number of amides is 1. The van der Waals surface area contributed by atoms with E-state index in [0.717, 1.165) is 16.8 Å². The molecule has 4 rings (SSSR count). The molecule has 0 spiro atoms. The van der Waals surface area contributed by atoms with Gasteiger partial charge in [-0.1, -0.05) is 67.1 Å². The molecule has 7 nitrogen and oxygen atoms in total. The normalized spacial score (nSPS) is 12.8. The third-order valence-electron chi connectivity index (χ3n) is 5.58. The van der Waals surface area contributed by atoms with E-state index in [1.165, 1.54) is 15.9 Å². The van der Waals surface area contributed by atoms with Gasteiger partial charge in [0.25, 0.3) is 0 Å². The Balaban J connectivity index is 1.46. The van der Waals surface area contributed by atoms with Gasteiger partial charge in [-0.25, -0.2) is 4.98 Å². The number of rotatable bonds is 8. The number of nitrogens with zero attached hydrogens (tertiary/aromatic N) is 4. The molecule has 0 radical (unpaired) electrons. The molecule has 7 heteroatoms. The first kappa shape index (κ1) is 22.4. The topological polar surface area (TPSA) is 84.7 Å². The van der Waals surface area contributed by atoms with Gasteiger partial charge in [0.15, 0.2) is 0 Å². The number of hydrogen-bond donors (Lipinski definition) is 2. The maximum atomic E-state index is 13.2. The van der Waals surface area contributed by atoms with E-state index in [4.69, 9.17) is 0 Å². The van der Waals surface area contributed by atoms with Crippen LogP contribution in [0.3, 0.4) is 0 Å². The summed E-state index contributed by atoms with van der Waals surface area (Å²) in [4.78, 5) is 19.1. The number of carbonyl (C=O) groups excluding carboxylic acids is 1. The van der Waals surface area contributed by atoms with E-state index in [1.807, 2.05) is 36.4 Å². The van der Waals surface area contributed by atoms with Crippen LogP contribution in [0, 0.1) is 6.92 Å². The van der Waals surface area contributed by atoms with Crippen LogP contribution in [0.1, 0.15) is 35.6 Å². The maximum Gasteiger partial charge on any atom is 0.247 e. The van der Waals surface area contributed by atoms with E-state index < -0.39 is 6.04 Å². The highest BCUT2D eigenvalue weighted by Gasteiger charge is 2.21. The zero-order valence-corrected chi connectivity index (χ0v) is 19.1. The average Bonchev–Trinajstić information content (AvgIpc) is 3.27. The SMILES string of the molecule is Cc1ccc(C(C)CN[C@@H](C(=O)Nc2ccc(-c3cnn(C)n3)cn2)c2ccccc2)cc1.